The fourth-order valence-electron chi connectivity index (χ4n) is 2.38. The molecule has 1 amide bonds. The number of methoxy groups -OCH3 is 2. The number of thioether (sulfide) groups is 1. The summed E-state index contributed by atoms with van der Waals surface area (Å²) in [6, 6.07) is 13.3. The van der Waals surface area contributed by atoms with Gasteiger partial charge >= 0.3 is 0 Å². The van der Waals surface area contributed by atoms with Crippen molar-refractivity contribution in [2.45, 2.75) is 17.0 Å². The Morgan fingerprint density at radius 3 is 2.70 bits per heavy atom. The Labute approximate surface area is 165 Å². The largest absolute Gasteiger partial charge is 0.497 e. The van der Waals surface area contributed by atoms with E-state index in [0.717, 1.165) is 10.1 Å². The second-order valence-corrected chi connectivity index (χ2v) is 7.81. The highest BCUT2D eigenvalue weighted by Gasteiger charge is 2.16. The lowest BCUT2D eigenvalue weighted by Gasteiger charge is -2.09. The van der Waals surface area contributed by atoms with Gasteiger partial charge in [0.15, 0.2) is 4.34 Å². The van der Waals surface area contributed by atoms with Crippen molar-refractivity contribution in [1.82, 2.24) is 10.2 Å². The topological polar surface area (TPSA) is 73.3 Å². The van der Waals surface area contributed by atoms with Crippen LogP contribution in [0.2, 0.25) is 0 Å². The number of benzene rings is 2. The molecule has 0 atom stereocenters. The van der Waals surface area contributed by atoms with Gasteiger partial charge in [-0.2, -0.15) is 0 Å². The third kappa shape index (κ3) is 4.78. The summed E-state index contributed by atoms with van der Waals surface area (Å²) >= 11 is 2.94. The van der Waals surface area contributed by atoms with E-state index >= 15 is 0 Å². The number of carbonyl (C=O) groups is 1. The predicted octanol–water partition coefficient (Wildman–Crippen LogP) is 4.41. The van der Waals surface area contributed by atoms with Gasteiger partial charge in [-0.15, -0.1) is 10.2 Å². The normalized spacial score (nSPS) is 10.5. The lowest BCUT2D eigenvalue weighted by molar-refractivity contribution is 0.102. The highest BCUT2D eigenvalue weighted by Crippen LogP contribution is 2.30. The van der Waals surface area contributed by atoms with Crippen LogP contribution in [0, 0.1) is 6.92 Å². The smallest absolute Gasteiger partial charge is 0.261 e. The van der Waals surface area contributed by atoms with Crippen LogP contribution in [0.3, 0.4) is 0 Å². The summed E-state index contributed by atoms with van der Waals surface area (Å²) in [5.74, 6) is 1.56. The quantitative estimate of drug-likeness (QED) is 0.467. The number of ether oxygens (including phenoxy) is 2. The van der Waals surface area contributed by atoms with Crippen LogP contribution in [0.5, 0.6) is 11.5 Å². The van der Waals surface area contributed by atoms with Crippen LogP contribution in [-0.2, 0) is 5.75 Å². The molecule has 3 aromatic rings. The van der Waals surface area contributed by atoms with Crippen molar-refractivity contribution in [3.05, 3.63) is 59.2 Å². The summed E-state index contributed by atoms with van der Waals surface area (Å²) in [5.41, 5.74) is 2.91. The van der Waals surface area contributed by atoms with Crippen molar-refractivity contribution in [2.75, 3.05) is 19.5 Å². The highest BCUT2D eigenvalue weighted by molar-refractivity contribution is 8.00. The third-order valence-electron chi connectivity index (χ3n) is 3.89. The van der Waals surface area contributed by atoms with Gasteiger partial charge in [0.05, 0.1) is 19.8 Å². The molecular formula is C19H19N3O3S2. The van der Waals surface area contributed by atoms with E-state index in [1.165, 1.54) is 29.6 Å². The maximum absolute atomic E-state index is 12.5. The first kappa shape index (κ1) is 19.2. The standard InChI is InChI=1S/C19H19N3O3S2/c1-12-6-4-5-7-13(12)11-26-19-22-21-18(27-19)20-17(23)15-9-8-14(24-2)10-16(15)25-3/h4-10H,11H2,1-3H3,(H,20,21,23). The van der Waals surface area contributed by atoms with Crippen molar-refractivity contribution in [3.8, 4) is 11.5 Å². The number of nitrogens with zero attached hydrogens (tertiary/aromatic N) is 2. The van der Waals surface area contributed by atoms with Gasteiger partial charge in [0, 0.05) is 11.8 Å². The molecule has 1 heterocycles. The third-order valence-corrected chi connectivity index (χ3v) is 5.91. The van der Waals surface area contributed by atoms with Gasteiger partial charge in [-0.25, -0.2) is 0 Å². The number of amides is 1. The molecule has 0 saturated carbocycles. The van der Waals surface area contributed by atoms with Crippen LogP contribution in [0.25, 0.3) is 0 Å². The van der Waals surface area contributed by atoms with E-state index in [0.29, 0.717) is 22.2 Å². The monoisotopic (exact) mass is 401 g/mol. The Kier molecular flexibility index (Phi) is 6.31. The van der Waals surface area contributed by atoms with Crippen molar-refractivity contribution in [3.63, 3.8) is 0 Å². The van der Waals surface area contributed by atoms with E-state index in [-0.39, 0.29) is 5.91 Å². The van der Waals surface area contributed by atoms with E-state index in [1.54, 1.807) is 37.1 Å². The average Bonchev–Trinajstić information content (AvgIpc) is 3.14. The summed E-state index contributed by atoms with van der Waals surface area (Å²) in [6.07, 6.45) is 0. The van der Waals surface area contributed by atoms with Gasteiger partial charge in [0.25, 0.3) is 5.91 Å². The first-order chi connectivity index (χ1) is 13.1. The first-order valence-electron chi connectivity index (χ1n) is 8.15. The molecule has 0 aliphatic carbocycles. The zero-order chi connectivity index (χ0) is 19.2. The molecule has 0 unspecified atom stereocenters. The Balaban J connectivity index is 1.65. The van der Waals surface area contributed by atoms with Crippen LogP contribution in [0.4, 0.5) is 5.13 Å². The molecule has 0 saturated heterocycles. The van der Waals surface area contributed by atoms with E-state index in [1.807, 2.05) is 12.1 Å². The summed E-state index contributed by atoms with van der Waals surface area (Å²) < 4.78 is 11.2. The molecule has 1 N–H and O–H groups in total. The second kappa shape index (κ2) is 8.88. The lowest BCUT2D eigenvalue weighted by atomic mass is 10.1. The molecule has 27 heavy (non-hydrogen) atoms. The molecule has 0 spiro atoms. The Morgan fingerprint density at radius 1 is 1.15 bits per heavy atom. The molecule has 0 aliphatic heterocycles. The van der Waals surface area contributed by atoms with Gasteiger partial charge in [0.2, 0.25) is 5.13 Å². The molecule has 8 heteroatoms. The minimum atomic E-state index is -0.305. The molecule has 0 aliphatic rings. The number of rotatable bonds is 7. The number of carbonyl (C=O) groups excluding carboxylic acids is 1. The number of nitrogens with one attached hydrogen (secondary N) is 1. The van der Waals surface area contributed by atoms with Crippen molar-refractivity contribution in [2.24, 2.45) is 0 Å². The van der Waals surface area contributed by atoms with Gasteiger partial charge in [-0.05, 0) is 30.2 Å². The van der Waals surface area contributed by atoms with Gasteiger partial charge in [-0.1, -0.05) is 47.4 Å². The van der Waals surface area contributed by atoms with Crippen LogP contribution in [0.15, 0.2) is 46.8 Å². The number of anilines is 1. The van der Waals surface area contributed by atoms with Crippen molar-refractivity contribution >= 4 is 34.1 Å². The van der Waals surface area contributed by atoms with E-state index < -0.39 is 0 Å². The molecular weight excluding hydrogens is 382 g/mol. The molecule has 0 bridgehead atoms. The van der Waals surface area contributed by atoms with Crippen LogP contribution >= 0.6 is 23.1 Å². The molecule has 6 nitrogen and oxygen atoms in total. The summed E-state index contributed by atoms with van der Waals surface area (Å²) in [4.78, 5) is 12.5. The minimum absolute atomic E-state index is 0.305. The van der Waals surface area contributed by atoms with E-state index in [2.05, 4.69) is 34.6 Å². The maximum Gasteiger partial charge on any atom is 0.261 e. The molecule has 0 fully saturated rings. The van der Waals surface area contributed by atoms with Crippen molar-refractivity contribution in [1.29, 1.82) is 0 Å². The Bertz CT molecular complexity index is 943. The SMILES string of the molecule is COc1ccc(C(=O)Nc2nnc(SCc3ccccc3C)s2)c(OC)c1. The lowest BCUT2D eigenvalue weighted by Crippen LogP contribution is -2.13. The zero-order valence-corrected chi connectivity index (χ0v) is 16.8. The molecule has 0 radical (unpaired) electrons. The maximum atomic E-state index is 12.5. The number of hydrogen-bond acceptors (Lipinski definition) is 7. The first-order valence-corrected chi connectivity index (χ1v) is 9.95. The molecule has 1 aromatic heterocycles. The molecule has 140 valence electrons. The van der Waals surface area contributed by atoms with Gasteiger partial charge < -0.3 is 9.47 Å². The van der Waals surface area contributed by atoms with Crippen LogP contribution < -0.4 is 14.8 Å². The minimum Gasteiger partial charge on any atom is -0.497 e. The fourth-order valence-corrected chi connectivity index (χ4v) is 4.20. The number of aryl methyl sites for hydroxylation is 1. The van der Waals surface area contributed by atoms with Crippen LogP contribution in [-0.4, -0.2) is 30.3 Å². The molecule has 3 rings (SSSR count). The van der Waals surface area contributed by atoms with Gasteiger partial charge in [0.1, 0.15) is 11.5 Å². The Morgan fingerprint density at radius 2 is 1.96 bits per heavy atom. The fraction of sp³-hybridized carbons (Fsp3) is 0.211. The number of aromatic nitrogens is 2. The van der Waals surface area contributed by atoms with Crippen LogP contribution in [0.1, 0.15) is 21.5 Å². The average molecular weight is 402 g/mol. The zero-order valence-electron chi connectivity index (χ0n) is 15.2. The number of hydrogen-bond donors (Lipinski definition) is 1. The van der Waals surface area contributed by atoms with E-state index in [9.17, 15) is 4.79 Å². The highest BCUT2D eigenvalue weighted by atomic mass is 32.2. The summed E-state index contributed by atoms with van der Waals surface area (Å²) in [6.45, 7) is 2.09. The second-order valence-electron chi connectivity index (χ2n) is 5.61. The van der Waals surface area contributed by atoms with Crippen molar-refractivity contribution < 1.29 is 14.3 Å². The Hall–Kier alpha value is -2.58. The predicted molar refractivity (Wildman–Crippen MR) is 108 cm³/mol. The summed E-state index contributed by atoms with van der Waals surface area (Å²) in [7, 11) is 3.07. The molecule has 2 aromatic carbocycles. The van der Waals surface area contributed by atoms with E-state index in [4.69, 9.17) is 9.47 Å². The summed E-state index contributed by atoms with van der Waals surface area (Å²) in [5, 5.41) is 11.4. The van der Waals surface area contributed by atoms with Gasteiger partial charge in [-0.3, -0.25) is 10.1 Å².